The molecule has 3 heteroatoms. The molecular weight excluding hydrogens is 271 g/mol. The number of hydrogen-bond donors (Lipinski definition) is 1. The molecule has 16 heavy (non-hydrogen) atoms. The lowest BCUT2D eigenvalue weighted by Gasteiger charge is -2.09. The molecule has 0 aliphatic carbocycles. The second kappa shape index (κ2) is 7.02. The van der Waals surface area contributed by atoms with E-state index in [4.69, 9.17) is 0 Å². The monoisotopic (exact) mass is 288 g/mol. The van der Waals surface area contributed by atoms with Crippen molar-refractivity contribution in [2.45, 2.75) is 45.1 Å². The maximum Gasteiger partial charge on any atom is 0.137 e. The number of benzene rings is 1. The summed E-state index contributed by atoms with van der Waals surface area (Å²) in [6.07, 6.45) is 4.13. The molecular formula is C13H18BrFO. The van der Waals surface area contributed by atoms with Crippen LogP contribution in [-0.2, 0) is 6.42 Å². The second-order valence-corrected chi connectivity index (χ2v) is 4.84. The molecule has 0 amide bonds. The van der Waals surface area contributed by atoms with Gasteiger partial charge in [0.25, 0.3) is 0 Å². The van der Waals surface area contributed by atoms with Gasteiger partial charge in [0, 0.05) is 0 Å². The van der Waals surface area contributed by atoms with Crippen molar-refractivity contribution in [3.8, 4) is 0 Å². The van der Waals surface area contributed by atoms with E-state index in [2.05, 4.69) is 22.9 Å². The van der Waals surface area contributed by atoms with Crippen molar-refractivity contribution < 1.29 is 9.50 Å². The van der Waals surface area contributed by atoms with Crippen LogP contribution in [-0.4, -0.2) is 11.2 Å². The zero-order chi connectivity index (χ0) is 12.0. The van der Waals surface area contributed by atoms with Crippen LogP contribution in [0.25, 0.3) is 0 Å². The highest BCUT2D eigenvalue weighted by Gasteiger charge is 2.06. The molecule has 90 valence electrons. The van der Waals surface area contributed by atoms with Gasteiger partial charge in [0.2, 0.25) is 0 Å². The van der Waals surface area contributed by atoms with Crippen LogP contribution in [0, 0.1) is 5.82 Å². The highest BCUT2D eigenvalue weighted by atomic mass is 79.9. The Morgan fingerprint density at radius 1 is 1.38 bits per heavy atom. The lowest BCUT2D eigenvalue weighted by atomic mass is 10.0. The van der Waals surface area contributed by atoms with E-state index in [0.29, 0.717) is 4.47 Å². The summed E-state index contributed by atoms with van der Waals surface area (Å²) in [6.45, 7) is 2.06. The van der Waals surface area contributed by atoms with Crippen molar-refractivity contribution in [2.24, 2.45) is 0 Å². The Morgan fingerprint density at radius 2 is 2.12 bits per heavy atom. The standard InChI is InChI=1S/C13H18BrFO/c1-2-5-11(16)8-3-6-10-7-4-9-12(15)13(10)14/h4,7,9,11,16H,2-3,5-6,8H2,1H3. The van der Waals surface area contributed by atoms with Gasteiger partial charge in [0.15, 0.2) is 0 Å². The summed E-state index contributed by atoms with van der Waals surface area (Å²) in [5.41, 5.74) is 0.976. The van der Waals surface area contributed by atoms with E-state index < -0.39 is 0 Å². The van der Waals surface area contributed by atoms with E-state index in [1.54, 1.807) is 6.07 Å². The van der Waals surface area contributed by atoms with Gasteiger partial charge in [-0.1, -0.05) is 25.5 Å². The highest BCUT2D eigenvalue weighted by molar-refractivity contribution is 9.10. The molecule has 0 fully saturated rings. The van der Waals surface area contributed by atoms with Crippen LogP contribution < -0.4 is 0 Å². The average Bonchev–Trinajstić information content (AvgIpc) is 2.25. The van der Waals surface area contributed by atoms with E-state index >= 15 is 0 Å². The number of halogens is 2. The number of aliphatic hydroxyl groups is 1. The Bertz CT molecular complexity index is 328. The molecule has 1 N–H and O–H groups in total. The number of aliphatic hydroxyl groups excluding tert-OH is 1. The van der Waals surface area contributed by atoms with Crippen molar-refractivity contribution in [3.05, 3.63) is 34.1 Å². The van der Waals surface area contributed by atoms with Gasteiger partial charge < -0.3 is 5.11 Å². The molecule has 0 spiro atoms. The Balaban J connectivity index is 2.40. The maximum absolute atomic E-state index is 13.2. The quantitative estimate of drug-likeness (QED) is 0.837. The summed E-state index contributed by atoms with van der Waals surface area (Å²) in [4.78, 5) is 0. The number of rotatable bonds is 6. The van der Waals surface area contributed by atoms with Crippen LogP contribution in [0.4, 0.5) is 4.39 Å². The second-order valence-electron chi connectivity index (χ2n) is 4.05. The van der Waals surface area contributed by atoms with Crippen molar-refractivity contribution in [1.82, 2.24) is 0 Å². The molecule has 1 atom stereocenters. The van der Waals surface area contributed by atoms with E-state index in [0.717, 1.165) is 37.7 Å². The molecule has 1 rings (SSSR count). The fraction of sp³-hybridized carbons (Fsp3) is 0.538. The predicted molar refractivity (Wildman–Crippen MR) is 68.0 cm³/mol. The van der Waals surface area contributed by atoms with E-state index in [9.17, 15) is 9.50 Å². The van der Waals surface area contributed by atoms with Gasteiger partial charge in [0.05, 0.1) is 10.6 Å². The van der Waals surface area contributed by atoms with Crippen LogP contribution in [0.3, 0.4) is 0 Å². The SMILES string of the molecule is CCCC(O)CCCc1cccc(F)c1Br. The topological polar surface area (TPSA) is 20.2 Å². The van der Waals surface area contributed by atoms with E-state index in [-0.39, 0.29) is 11.9 Å². The summed E-state index contributed by atoms with van der Waals surface area (Å²) in [5, 5.41) is 9.57. The molecule has 1 aromatic carbocycles. The maximum atomic E-state index is 13.2. The first-order chi connectivity index (χ1) is 7.65. The lowest BCUT2D eigenvalue weighted by Crippen LogP contribution is -2.06. The number of aryl methyl sites for hydroxylation is 1. The molecule has 1 aromatic rings. The normalized spacial score (nSPS) is 12.8. The Hall–Kier alpha value is -0.410. The van der Waals surface area contributed by atoms with Crippen LogP contribution in [0.2, 0.25) is 0 Å². The van der Waals surface area contributed by atoms with Gasteiger partial charge in [-0.3, -0.25) is 0 Å². The van der Waals surface area contributed by atoms with Gasteiger partial charge in [-0.2, -0.15) is 0 Å². The van der Waals surface area contributed by atoms with Gasteiger partial charge in [-0.25, -0.2) is 4.39 Å². The van der Waals surface area contributed by atoms with Crippen LogP contribution in [0.1, 0.15) is 38.2 Å². The molecule has 0 aliphatic heterocycles. The summed E-state index contributed by atoms with van der Waals surface area (Å²) in [7, 11) is 0. The van der Waals surface area contributed by atoms with Crippen molar-refractivity contribution in [3.63, 3.8) is 0 Å². The minimum atomic E-state index is -0.216. The number of hydrogen-bond acceptors (Lipinski definition) is 1. The van der Waals surface area contributed by atoms with Gasteiger partial charge in [-0.05, 0) is 53.2 Å². The fourth-order valence-electron chi connectivity index (χ4n) is 1.75. The fourth-order valence-corrected chi connectivity index (χ4v) is 2.21. The van der Waals surface area contributed by atoms with Crippen molar-refractivity contribution in [2.75, 3.05) is 0 Å². The van der Waals surface area contributed by atoms with Crippen molar-refractivity contribution >= 4 is 15.9 Å². The molecule has 1 unspecified atom stereocenters. The molecule has 0 heterocycles. The summed E-state index contributed by atoms with van der Waals surface area (Å²) >= 11 is 3.24. The molecule has 0 bridgehead atoms. The molecule has 0 aromatic heterocycles. The minimum Gasteiger partial charge on any atom is -0.393 e. The molecule has 0 saturated heterocycles. The minimum absolute atomic E-state index is 0.211. The van der Waals surface area contributed by atoms with Crippen LogP contribution >= 0.6 is 15.9 Å². The molecule has 1 nitrogen and oxygen atoms in total. The lowest BCUT2D eigenvalue weighted by molar-refractivity contribution is 0.151. The summed E-state index contributed by atoms with van der Waals surface area (Å²) in [5.74, 6) is -0.216. The first-order valence-electron chi connectivity index (χ1n) is 5.76. The average molecular weight is 289 g/mol. The molecule has 0 aliphatic rings. The molecule has 0 radical (unpaired) electrons. The van der Waals surface area contributed by atoms with Gasteiger partial charge >= 0.3 is 0 Å². The third-order valence-electron chi connectivity index (χ3n) is 2.64. The Kier molecular flexibility index (Phi) is 5.99. The smallest absolute Gasteiger partial charge is 0.137 e. The summed E-state index contributed by atoms with van der Waals surface area (Å²) < 4.78 is 13.7. The zero-order valence-electron chi connectivity index (χ0n) is 9.55. The van der Waals surface area contributed by atoms with Crippen LogP contribution in [0.5, 0.6) is 0 Å². The molecule has 0 saturated carbocycles. The summed E-state index contributed by atoms with van der Waals surface area (Å²) in [6, 6.07) is 5.08. The Morgan fingerprint density at radius 3 is 2.81 bits per heavy atom. The predicted octanol–water partition coefficient (Wildman–Crippen LogP) is 4.07. The first-order valence-corrected chi connectivity index (χ1v) is 6.55. The first kappa shape index (κ1) is 13.7. The Labute approximate surface area is 105 Å². The van der Waals surface area contributed by atoms with E-state index in [1.807, 2.05) is 6.07 Å². The zero-order valence-corrected chi connectivity index (χ0v) is 11.1. The van der Waals surface area contributed by atoms with Crippen molar-refractivity contribution in [1.29, 1.82) is 0 Å². The highest BCUT2D eigenvalue weighted by Crippen LogP contribution is 2.22. The van der Waals surface area contributed by atoms with Gasteiger partial charge in [-0.15, -0.1) is 0 Å². The van der Waals surface area contributed by atoms with Gasteiger partial charge in [0.1, 0.15) is 5.82 Å². The van der Waals surface area contributed by atoms with E-state index in [1.165, 1.54) is 6.07 Å². The third kappa shape index (κ3) is 4.22. The van der Waals surface area contributed by atoms with Crippen LogP contribution in [0.15, 0.2) is 22.7 Å². The third-order valence-corrected chi connectivity index (χ3v) is 3.53. The largest absolute Gasteiger partial charge is 0.393 e.